The Balaban J connectivity index is 1.50. The number of rotatable bonds is 1. The van der Waals surface area contributed by atoms with Gasteiger partial charge in [-0.3, -0.25) is 5.43 Å². The lowest BCUT2D eigenvalue weighted by molar-refractivity contribution is 0.616. The molecule has 2 aliphatic rings. The molecule has 9 heteroatoms. The number of fused-ring (bicyclic) bond motifs is 1. The molecule has 0 bridgehead atoms. The fraction of sp³-hybridized carbons (Fsp3) is 0.130. The van der Waals surface area contributed by atoms with Gasteiger partial charge in [0.2, 0.25) is 0 Å². The van der Waals surface area contributed by atoms with Crippen molar-refractivity contribution in [3.8, 4) is 6.07 Å². The van der Waals surface area contributed by atoms with Crippen LogP contribution in [0.15, 0.2) is 63.9 Å². The largest absolute Gasteiger partial charge is 0.403 e. The van der Waals surface area contributed by atoms with E-state index in [0.717, 1.165) is 10.2 Å². The summed E-state index contributed by atoms with van der Waals surface area (Å²) in [6.45, 7) is 4.36. The van der Waals surface area contributed by atoms with E-state index in [-0.39, 0.29) is 0 Å². The molecule has 5 rings (SSSR count). The lowest BCUT2D eigenvalue weighted by atomic mass is 10.2. The molecule has 3 aromatic rings. The summed E-state index contributed by atoms with van der Waals surface area (Å²) in [4.78, 5) is 3.66. The number of thioether (sulfide) groups is 2. The zero-order chi connectivity index (χ0) is 22.4. The van der Waals surface area contributed by atoms with E-state index in [9.17, 15) is 0 Å². The van der Waals surface area contributed by atoms with Gasteiger partial charge in [0.15, 0.2) is 0 Å². The topological polar surface area (TPSA) is 77.4 Å². The second-order valence-corrected chi connectivity index (χ2v) is 11.7. The highest BCUT2D eigenvalue weighted by Gasteiger charge is 2.20. The molecule has 4 heterocycles. The van der Waals surface area contributed by atoms with Gasteiger partial charge in [0, 0.05) is 43.0 Å². The highest BCUT2D eigenvalue weighted by Crippen LogP contribution is 2.40. The van der Waals surface area contributed by atoms with Gasteiger partial charge in [-0.25, -0.2) is 0 Å². The van der Waals surface area contributed by atoms with Crippen molar-refractivity contribution in [2.75, 3.05) is 7.05 Å². The number of thiophene rings is 2. The maximum absolute atomic E-state index is 9.13. The van der Waals surface area contributed by atoms with Crippen molar-refractivity contribution in [1.82, 2.24) is 10.3 Å². The number of hydrogen-bond donors (Lipinski definition) is 2. The maximum atomic E-state index is 9.13. The van der Waals surface area contributed by atoms with Gasteiger partial charge < -0.3 is 10.6 Å². The Kier molecular flexibility index (Phi) is 5.55. The fourth-order valence-corrected chi connectivity index (χ4v) is 7.89. The van der Waals surface area contributed by atoms with Crippen LogP contribution in [-0.2, 0) is 0 Å². The van der Waals surface area contributed by atoms with Crippen LogP contribution in [-0.4, -0.2) is 17.0 Å². The molecule has 2 aromatic heterocycles. The minimum Gasteiger partial charge on any atom is -0.403 e. The van der Waals surface area contributed by atoms with Crippen LogP contribution >= 0.6 is 46.2 Å². The Hall–Kier alpha value is -2.64. The van der Waals surface area contributed by atoms with E-state index >= 15 is 0 Å². The van der Waals surface area contributed by atoms with Crippen molar-refractivity contribution < 1.29 is 0 Å². The van der Waals surface area contributed by atoms with Crippen LogP contribution in [0.1, 0.15) is 13.8 Å². The molecule has 32 heavy (non-hydrogen) atoms. The van der Waals surface area contributed by atoms with E-state index in [1.165, 1.54) is 57.3 Å². The summed E-state index contributed by atoms with van der Waals surface area (Å²) in [5, 5.41) is 18.4. The predicted octanol–water partition coefficient (Wildman–Crippen LogP) is 4.33. The fourth-order valence-electron chi connectivity index (χ4n) is 3.40. The van der Waals surface area contributed by atoms with Crippen LogP contribution in [0.4, 0.5) is 0 Å². The summed E-state index contributed by atoms with van der Waals surface area (Å²) >= 11 is 6.97. The van der Waals surface area contributed by atoms with Gasteiger partial charge in [-0.1, -0.05) is 36.0 Å². The monoisotopic (exact) mass is 493 g/mol. The Morgan fingerprint density at radius 2 is 1.72 bits per heavy atom. The normalized spacial score (nSPS) is 18.4. The highest BCUT2D eigenvalue weighted by atomic mass is 32.2. The van der Waals surface area contributed by atoms with E-state index in [1.54, 1.807) is 0 Å². The molecule has 1 aromatic carbocycles. The molecule has 0 saturated heterocycles. The van der Waals surface area contributed by atoms with Crippen LogP contribution in [0.25, 0.3) is 19.5 Å². The molecule has 0 atom stereocenters. The van der Waals surface area contributed by atoms with Gasteiger partial charge in [0.25, 0.3) is 0 Å². The number of hydrogen-bond acceptors (Lipinski definition) is 9. The first-order chi connectivity index (χ1) is 15.5. The first kappa shape index (κ1) is 21.2. The molecule has 0 radical (unpaired) electrons. The molecule has 0 fully saturated rings. The van der Waals surface area contributed by atoms with Crippen LogP contribution < -0.4 is 20.9 Å². The van der Waals surface area contributed by atoms with Gasteiger partial charge in [0.05, 0.1) is 9.56 Å². The van der Waals surface area contributed by atoms with E-state index in [1.807, 2.05) is 34.4 Å². The highest BCUT2D eigenvalue weighted by molar-refractivity contribution is 8.22. The third-order valence-electron chi connectivity index (χ3n) is 5.39. The molecule has 0 aliphatic carbocycles. The molecule has 2 aliphatic heterocycles. The zero-order valence-corrected chi connectivity index (χ0v) is 20.9. The first-order valence-corrected chi connectivity index (χ1v) is 13.1. The van der Waals surface area contributed by atoms with Gasteiger partial charge in [-0.2, -0.15) is 10.4 Å². The molecular formula is C23H19N5S4. The number of nitrogens with zero attached hydrogens (tertiary/aromatic N) is 3. The van der Waals surface area contributed by atoms with Crippen molar-refractivity contribution in [2.24, 2.45) is 10.8 Å². The first-order valence-electron chi connectivity index (χ1n) is 9.80. The summed E-state index contributed by atoms with van der Waals surface area (Å²) in [5.41, 5.74) is 10.2. The van der Waals surface area contributed by atoms with E-state index in [4.69, 9.17) is 11.0 Å². The van der Waals surface area contributed by atoms with Crippen LogP contribution in [0.3, 0.4) is 0 Å². The van der Waals surface area contributed by atoms with Crippen molar-refractivity contribution in [3.63, 3.8) is 0 Å². The molecule has 3 N–H and O–H groups in total. The summed E-state index contributed by atoms with van der Waals surface area (Å²) in [5.74, 6) is 0. The summed E-state index contributed by atoms with van der Waals surface area (Å²) in [7, 11) is 2.14. The van der Waals surface area contributed by atoms with E-state index < -0.39 is 0 Å². The Bertz CT molecular complexity index is 1550. The average molecular weight is 494 g/mol. The predicted molar refractivity (Wildman–Crippen MR) is 140 cm³/mol. The number of nitrogens with two attached hydrogens (primary N) is 1. The third-order valence-corrected chi connectivity index (χ3v) is 10.2. The van der Waals surface area contributed by atoms with E-state index in [0.29, 0.717) is 10.6 Å². The lowest BCUT2D eigenvalue weighted by Crippen LogP contribution is -2.13. The molecule has 0 unspecified atom stereocenters. The molecule has 0 amide bonds. The second-order valence-electron chi connectivity index (χ2n) is 7.29. The Morgan fingerprint density at radius 3 is 2.34 bits per heavy atom. The number of nitriles is 1. The third kappa shape index (κ3) is 3.63. The number of benzene rings is 1. The molecule has 0 saturated carbocycles. The zero-order valence-electron chi connectivity index (χ0n) is 17.6. The van der Waals surface area contributed by atoms with Gasteiger partial charge in [-0.05, 0) is 43.0 Å². The van der Waals surface area contributed by atoms with Crippen molar-refractivity contribution >= 4 is 70.7 Å². The SMILES string of the molecule is CC1=C(C)N(C)/C(=c2/cc3sc(=c4ccc(=C5NN=C(C(C#N)=CN)S5)cc4)cc3s2)S1. The second kappa shape index (κ2) is 8.37. The number of allylic oxidation sites excluding steroid dienone is 2. The standard InChI is InChI=1S/C23H19N5S4/c1-12-13(2)29-23(28(12)3)20-9-19-18(31-20)8-17(30-19)14-4-6-15(7-5-14)21-26-27-22(32-21)16(10-24)11-25/h4-10,26H,24H2,1-3H3/b16-10?,17-14?,21-15?,23-20+. The van der Waals surface area contributed by atoms with Crippen LogP contribution in [0.2, 0.25) is 0 Å². The Labute approximate surface area is 201 Å². The van der Waals surface area contributed by atoms with Crippen LogP contribution in [0.5, 0.6) is 0 Å². The average Bonchev–Trinajstić information content (AvgIpc) is 3.56. The smallest absolute Gasteiger partial charge is 0.142 e. The van der Waals surface area contributed by atoms with Crippen molar-refractivity contribution in [1.29, 1.82) is 5.26 Å². The molecule has 5 nitrogen and oxygen atoms in total. The maximum Gasteiger partial charge on any atom is 0.142 e. The summed E-state index contributed by atoms with van der Waals surface area (Å²) in [6, 6.07) is 15.1. The number of hydrazone groups is 1. The molecule has 160 valence electrons. The minimum atomic E-state index is 0.369. The van der Waals surface area contributed by atoms with Gasteiger partial charge >= 0.3 is 0 Å². The molecular weight excluding hydrogens is 475 g/mol. The quantitative estimate of drug-likeness (QED) is 0.492. The van der Waals surface area contributed by atoms with Gasteiger partial charge in [-0.15, -0.1) is 22.7 Å². The van der Waals surface area contributed by atoms with Gasteiger partial charge in [0.1, 0.15) is 21.7 Å². The lowest BCUT2D eigenvalue weighted by Gasteiger charge is -2.13. The molecule has 0 spiro atoms. The van der Waals surface area contributed by atoms with E-state index in [2.05, 4.69) is 78.8 Å². The van der Waals surface area contributed by atoms with Crippen LogP contribution in [0, 0.1) is 21.1 Å². The summed E-state index contributed by atoms with van der Waals surface area (Å²) < 4.78 is 5.24. The van der Waals surface area contributed by atoms with Crippen molar-refractivity contribution in [2.45, 2.75) is 13.8 Å². The summed E-state index contributed by atoms with van der Waals surface area (Å²) in [6.07, 6.45) is 1.29. The van der Waals surface area contributed by atoms with Crippen molar-refractivity contribution in [3.05, 3.63) is 78.3 Å². The Morgan fingerprint density at radius 1 is 1.06 bits per heavy atom. The minimum absolute atomic E-state index is 0.369. The number of nitrogens with one attached hydrogen (secondary N) is 1.